The first-order valence-electron chi connectivity index (χ1n) is 8.22. The van der Waals surface area contributed by atoms with E-state index in [2.05, 4.69) is 62.4 Å². The highest BCUT2D eigenvalue weighted by Gasteiger charge is 2.07. The van der Waals surface area contributed by atoms with Crippen LogP contribution in [-0.2, 0) is 12.8 Å². The molecular formula is C20H26N. The molecule has 0 aliphatic heterocycles. The summed E-state index contributed by atoms with van der Waals surface area (Å²) in [6.07, 6.45) is 7.14. The van der Waals surface area contributed by atoms with E-state index in [4.69, 9.17) is 5.32 Å². The summed E-state index contributed by atoms with van der Waals surface area (Å²) < 4.78 is 0. The van der Waals surface area contributed by atoms with E-state index in [1.807, 2.05) is 0 Å². The molecule has 111 valence electrons. The molecule has 0 fully saturated rings. The lowest BCUT2D eigenvalue weighted by Crippen LogP contribution is -1.98. The lowest BCUT2D eigenvalue weighted by atomic mass is 10.0. The Labute approximate surface area is 129 Å². The predicted octanol–water partition coefficient (Wildman–Crippen LogP) is 5.94. The van der Waals surface area contributed by atoms with Crippen molar-refractivity contribution in [2.75, 3.05) is 0 Å². The molecule has 0 saturated carbocycles. The Morgan fingerprint density at radius 1 is 0.667 bits per heavy atom. The number of para-hydroxylation sites is 2. The second-order valence-electron chi connectivity index (χ2n) is 5.58. The molecular weight excluding hydrogens is 254 g/mol. The van der Waals surface area contributed by atoms with Crippen molar-refractivity contribution in [3.8, 4) is 0 Å². The lowest BCUT2D eigenvalue weighted by Gasteiger charge is -2.12. The van der Waals surface area contributed by atoms with E-state index >= 15 is 0 Å². The number of unbranched alkanes of at least 4 members (excludes halogenated alkanes) is 2. The smallest absolute Gasteiger partial charge is 0.0668 e. The normalized spacial score (nSPS) is 10.6. The topological polar surface area (TPSA) is 14.1 Å². The first kappa shape index (κ1) is 15.6. The molecule has 2 aromatic rings. The van der Waals surface area contributed by atoms with E-state index in [0.29, 0.717) is 0 Å². The first-order valence-corrected chi connectivity index (χ1v) is 8.22. The number of hydrogen-bond donors (Lipinski definition) is 0. The minimum atomic E-state index is 1.12. The molecule has 0 aromatic heterocycles. The number of aryl methyl sites for hydroxylation is 2. The van der Waals surface area contributed by atoms with Crippen molar-refractivity contribution in [1.29, 1.82) is 0 Å². The van der Waals surface area contributed by atoms with Crippen LogP contribution in [0.3, 0.4) is 0 Å². The van der Waals surface area contributed by atoms with Gasteiger partial charge in [-0.25, -0.2) is 5.32 Å². The van der Waals surface area contributed by atoms with Gasteiger partial charge in [0.05, 0.1) is 11.4 Å². The van der Waals surface area contributed by atoms with Crippen molar-refractivity contribution < 1.29 is 0 Å². The van der Waals surface area contributed by atoms with Gasteiger partial charge in [0, 0.05) is 0 Å². The van der Waals surface area contributed by atoms with E-state index in [0.717, 1.165) is 24.2 Å². The molecule has 0 N–H and O–H groups in total. The van der Waals surface area contributed by atoms with Crippen molar-refractivity contribution in [2.45, 2.75) is 52.4 Å². The van der Waals surface area contributed by atoms with Crippen LogP contribution in [0, 0.1) is 0 Å². The molecule has 1 heteroatoms. The summed E-state index contributed by atoms with van der Waals surface area (Å²) in [6, 6.07) is 17.1. The van der Waals surface area contributed by atoms with Crippen LogP contribution in [0.25, 0.3) is 0 Å². The average molecular weight is 280 g/mol. The Morgan fingerprint density at radius 3 is 1.52 bits per heavy atom. The third kappa shape index (κ3) is 4.63. The molecule has 0 heterocycles. The molecule has 1 radical (unpaired) electrons. The highest BCUT2D eigenvalue weighted by Crippen LogP contribution is 2.26. The van der Waals surface area contributed by atoms with Gasteiger partial charge in [-0.15, -0.1) is 0 Å². The fraction of sp³-hybridized carbons (Fsp3) is 0.400. The number of nitrogens with zero attached hydrogens (tertiary/aromatic N) is 1. The second-order valence-corrected chi connectivity index (χ2v) is 5.58. The van der Waals surface area contributed by atoms with Crippen molar-refractivity contribution in [1.82, 2.24) is 5.32 Å². The summed E-state index contributed by atoms with van der Waals surface area (Å²) in [4.78, 5) is 0. The van der Waals surface area contributed by atoms with Gasteiger partial charge in [-0.2, -0.15) is 0 Å². The van der Waals surface area contributed by atoms with Gasteiger partial charge in [0.25, 0.3) is 0 Å². The molecule has 0 amide bonds. The summed E-state index contributed by atoms with van der Waals surface area (Å²) in [5.41, 5.74) is 5.00. The van der Waals surface area contributed by atoms with Gasteiger partial charge in [0.1, 0.15) is 0 Å². The van der Waals surface area contributed by atoms with Crippen LogP contribution in [0.2, 0.25) is 0 Å². The van der Waals surface area contributed by atoms with E-state index in [1.54, 1.807) is 0 Å². The van der Waals surface area contributed by atoms with Crippen LogP contribution in [0.15, 0.2) is 48.5 Å². The number of rotatable bonds is 8. The summed E-state index contributed by atoms with van der Waals surface area (Å²) >= 11 is 0. The standard InChI is InChI=1S/C20H26N/c1-3-5-11-17-13-7-9-15-19(17)21-20-16-10-8-14-18(20)12-6-4-2/h7-10,13-16H,3-6,11-12H2,1-2H3. The lowest BCUT2D eigenvalue weighted by molar-refractivity contribution is 0.786. The van der Waals surface area contributed by atoms with Crippen molar-refractivity contribution in [3.63, 3.8) is 0 Å². The van der Waals surface area contributed by atoms with Crippen LogP contribution in [-0.4, -0.2) is 0 Å². The molecule has 0 bridgehead atoms. The van der Waals surface area contributed by atoms with E-state index in [-0.39, 0.29) is 0 Å². The van der Waals surface area contributed by atoms with Crippen LogP contribution in [0.5, 0.6) is 0 Å². The van der Waals surface area contributed by atoms with Gasteiger partial charge in [-0.3, -0.25) is 0 Å². The fourth-order valence-electron chi connectivity index (χ4n) is 2.53. The Bertz CT molecular complexity index is 496. The third-order valence-electron chi connectivity index (χ3n) is 3.82. The summed E-state index contributed by atoms with van der Waals surface area (Å²) in [5, 5.41) is 4.95. The van der Waals surface area contributed by atoms with Crippen LogP contribution >= 0.6 is 0 Å². The van der Waals surface area contributed by atoms with Crippen molar-refractivity contribution in [3.05, 3.63) is 59.7 Å². The molecule has 21 heavy (non-hydrogen) atoms. The maximum Gasteiger partial charge on any atom is 0.0668 e. The molecule has 0 aliphatic carbocycles. The number of hydrogen-bond acceptors (Lipinski definition) is 0. The van der Waals surface area contributed by atoms with Gasteiger partial charge in [0.15, 0.2) is 0 Å². The average Bonchev–Trinajstić information content (AvgIpc) is 2.53. The monoisotopic (exact) mass is 280 g/mol. The second kappa shape index (κ2) is 8.51. The van der Waals surface area contributed by atoms with Crippen LogP contribution < -0.4 is 5.32 Å². The van der Waals surface area contributed by atoms with Gasteiger partial charge in [-0.05, 0) is 48.9 Å². The van der Waals surface area contributed by atoms with E-state index in [9.17, 15) is 0 Å². The Morgan fingerprint density at radius 2 is 1.10 bits per heavy atom. The summed E-state index contributed by atoms with van der Waals surface area (Å²) in [6.45, 7) is 4.47. The summed E-state index contributed by atoms with van der Waals surface area (Å²) in [7, 11) is 0. The first-order chi connectivity index (χ1) is 10.3. The Kier molecular flexibility index (Phi) is 6.33. The van der Waals surface area contributed by atoms with Crippen LogP contribution in [0.1, 0.15) is 50.7 Å². The third-order valence-corrected chi connectivity index (χ3v) is 3.82. The molecule has 0 spiro atoms. The van der Waals surface area contributed by atoms with Crippen molar-refractivity contribution in [2.24, 2.45) is 0 Å². The van der Waals surface area contributed by atoms with E-state index < -0.39 is 0 Å². The van der Waals surface area contributed by atoms with Gasteiger partial charge >= 0.3 is 0 Å². The predicted molar refractivity (Wildman–Crippen MR) is 91.6 cm³/mol. The zero-order chi connectivity index (χ0) is 14.9. The zero-order valence-electron chi connectivity index (χ0n) is 13.3. The quantitative estimate of drug-likeness (QED) is 0.568. The molecule has 1 nitrogen and oxygen atoms in total. The van der Waals surface area contributed by atoms with Gasteiger partial charge < -0.3 is 0 Å². The van der Waals surface area contributed by atoms with Crippen LogP contribution in [0.4, 0.5) is 11.4 Å². The highest BCUT2D eigenvalue weighted by atomic mass is 14.9. The minimum absolute atomic E-state index is 1.12. The highest BCUT2D eigenvalue weighted by molar-refractivity contribution is 5.56. The fourth-order valence-corrected chi connectivity index (χ4v) is 2.53. The van der Waals surface area contributed by atoms with Crippen molar-refractivity contribution >= 4 is 11.4 Å². The summed E-state index contributed by atoms with van der Waals surface area (Å²) in [5.74, 6) is 0. The maximum absolute atomic E-state index is 4.95. The maximum atomic E-state index is 4.95. The zero-order valence-corrected chi connectivity index (χ0v) is 13.3. The van der Waals surface area contributed by atoms with E-state index in [1.165, 1.54) is 36.8 Å². The Balaban J connectivity index is 2.18. The Hall–Kier alpha value is -1.76. The van der Waals surface area contributed by atoms with Gasteiger partial charge in [-0.1, -0.05) is 63.1 Å². The molecule has 0 atom stereocenters. The molecule has 0 aliphatic rings. The minimum Gasteiger partial charge on any atom is -0.248 e. The molecule has 2 rings (SSSR count). The number of benzene rings is 2. The molecule has 0 saturated heterocycles. The molecule has 0 unspecified atom stereocenters. The van der Waals surface area contributed by atoms with Gasteiger partial charge in [0.2, 0.25) is 0 Å². The SMILES string of the molecule is CCCCc1ccccc1[N]c1ccccc1CCCC. The largest absolute Gasteiger partial charge is 0.248 e. The molecule has 2 aromatic carbocycles.